The molecule has 0 aliphatic carbocycles. The molecule has 2 aromatic rings. The van der Waals surface area contributed by atoms with Crippen LogP contribution in [0.5, 0.6) is 0 Å². The second-order valence-electron chi connectivity index (χ2n) is 6.37. The zero-order valence-corrected chi connectivity index (χ0v) is 13.4. The quantitative estimate of drug-likeness (QED) is 0.875. The van der Waals surface area contributed by atoms with Gasteiger partial charge in [0.15, 0.2) is 0 Å². The largest absolute Gasteiger partial charge is 0.336 e. The van der Waals surface area contributed by atoms with Crippen molar-refractivity contribution < 1.29 is 9.18 Å². The van der Waals surface area contributed by atoms with E-state index < -0.39 is 0 Å². The molecule has 2 bridgehead atoms. The molecule has 1 aromatic carbocycles. The third-order valence-electron chi connectivity index (χ3n) is 4.90. The predicted octanol–water partition coefficient (Wildman–Crippen LogP) is 3.32. The van der Waals surface area contributed by atoms with Gasteiger partial charge in [0.1, 0.15) is 5.82 Å². The SMILES string of the molecule is Cc1c(C(=O)N2CCC3CCC(C2)N3)sc2ccc(F)cc12. The molecule has 3 heterocycles. The summed E-state index contributed by atoms with van der Waals surface area (Å²) < 4.78 is 14.4. The Morgan fingerprint density at radius 1 is 1.32 bits per heavy atom. The van der Waals surface area contributed by atoms with Crippen LogP contribution in [0.15, 0.2) is 18.2 Å². The van der Waals surface area contributed by atoms with E-state index in [9.17, 15) is 9.18 Å². The molecule has 2 aliphatic heterocycles. The van der Waals surface area contributed by atoms with Gasteiger partial charge in [0.2, 0.25) is 0 Å². The van der Waals surface area contributed by atoms with Crippen molar-refractivity contribution in [3.8, 4) is 0 Å². The minimum atomic E-state index is -0.247. The fraction of sp³-hybridized carbons (Fsp3) is 0.471. The molecular formula is C17H19FN2OS. The van der Waals surface area contributed by atoms with E-state index in [0.29, 0.717) is 12.1 Å². The lowest BCUT2D eigenvalue weighted by atomic mass is 10.1. The number of benzene rings is 1. The highest BCUT2D eigenvalue weighted by molar-refractivity contribution is 7.21. The molecule has 2 fully saturated rings. The van der Waals surface area contributed by atoms with E-state index in [0.717, 1.165) is 46.5 Å². The lowest BCUT2D eigenvalue weighted by Gasteiger charge is -2.24. The van der Waals surface area contributed by atoms with Crippen molar-refractivity contribution in [1.29, 1.82) is 0 Å². The summed E-state index contributed by atoms with van der Waals surface area (Å²) in [5.41, 5.74) is 0.909. The average Bonchev–Trinajstić information content (AvgIpc) is 2.99. The number of hydrogen-bond acceptors (Lipinski definition) is 3. The molecule has 22 heavy (non-hydrogen) atoms. The van der Waals surface area contributed by atoms with Crippen LogP contribution in [0.4, 0.5) is 4.39 Å². The first kappa shape index (κ1) is 14.2. The van der Waals surface area contributed by atoms with E-state index in [4.69, 9.17) is 0 Å². The van der Waals surface area contributed by atoms with Gasteiger partial charge in [-0.2, -0.15) is 0 Å². The number of fused-ring (bicyclic) bond motifs is 3. The summed E-state index contributed by atoms with van der Waals surface area (Å²) in [5, 5.41) is 4.46. The van der Waals surface area contributed by atoms with Gasteiger partial charge in [-0.3, -0.25) is 4.79 Å². The Morgan fingerprint density at radius 2 is 2.14 bits per heavy atom. The van der Waals surface area contributed by atoms with E-state index in [-0.39, 0.29) is 11.7 Å². The van der Waals surface area contributed by atoms with E-state index in [1.165, 1.54) is 29.9 Å². The maximum absolute atomic E-state index is 13.4. The van der Waals surface area contributed by atoms with Gasteiger partial charge in [-0.05, 0) is 55.3 Å². The van der Waals surface area contributed by atoms with Crippen LogP contribution in [-0.4, -0.2) is 36.0 Å². The number of halogens is 1. The van der Waals surface area contributed by atoms with Crippen LogP contribution in [0.1, 0.15) is 34.5 Å². The lowest BCUT2D eigenvalue weighted by molar-refractivity contribution is 0.0752. The maximum Gasteiger partial charge on any atom is 0.264 e. The average molecular weight is 318 g/mol. The zero-order valence-electron chi connectivity index (χ0n) is 12.6. The number of nitrogens with zero attached hydrogens (tertiary/aromatic N) is 1. The van der Waals surface area contributed by atoms with Crippen molar-refractivity contribution in [2.24, 2.45) is 0 Å². The summed E-state index contributed by atoms with van der Waals surface area (Å²) in [6, 6.07) is 5.76. The van der Waals surface area contributed by atoms with Crippen LogP contribution in [0.25, 0.3) is 10.1 Å². The van der Waals surface area contributed by atoms with E-state index >= 15 is 0 Å². The van der Waals surface area contributed by atoms with Crippen LogP contribution < -0.4 is 5.32 Å². The Kier molecular flexibility index (Phi) is 3.42. The van der Waals surface area contributed by atoms with Crippen LogP contribution in [-0.2, 0) is 0 Å². The number of aryl methyl sites for hydroxylation is 1. The molecule has 3 nitrogen and oxygen atoms in total. The molecule has 0 spiro atoms. The van der Waals surface area contributed by atoms with Crippen molar-refractivity contribution in [1.82, 2.24) is 10.2 Å². The van der Waals surface area contributed by atoms with Gasteiger partial charge >= 0.3 is 0 Å². The highest BCUT2D eigenvalue weighted by atomic mass is 32.1. The van der Waals surface area contributed by atoms with Crippen molar-refractivity contribution >= 4 is 27.3 Å². The van der Waals surface area contributed by atoms with E-state index in [1.54, 1.807) is 6.07 Å². The summed E-state index contributed by atoms with van der Waals surface area (Å²) in [5.74, 6) is -0.142. The molecule has 2 aliphatic rings. The van der Waals surface area contributed by atoms with Crippen LogP contribution >= 0.6 is 11.3 Å². The number of rotatable bonds is 1. The second-order valence-corrected chi connectivity index (χ2v) is 7.43. The van der Waals surface area contributed by atoms with Crippen molar-refractivity contribution in [2.75, 3.05) is 13.1 Å². The number of likely N-dealkylation sites (tertiary alicyclic amines) is 1. The van der Waals surface area contributed by atoms with Gasteiger partial charge in [0, 0.05) is 29.9 Å². The first-order chi connectivity index (χ1) is 10.6. The Hall–Kier alpha value is -1.46. The van der Waals surface area contributed by atoms with Gasteiger partial charge in [-0.25, -0.2) is 4.39 Å². The van der Waals surface area contributed by atoms with E-state index in [1.807, 2.05) is 11.8 Å². The fourth-order valence-electron chi connectivity index (χ4n) is 3.67. The molecule has 4 rings (SSSR count). The molecule has 1 amide bonds. The van der Waals surface area contributed by atoms with Crippen molar-refractivity contribution in [3.05, 3.63) is 34.5 Å². The number of carbonyl (C=O) groups is 1. The molecule has 1 N–H and O–H groups in total. The maximum atomic E-state index is 13.4. The van der Waals surface area contributed by atoms with Gasteiger partial charge in [-0.15, -0.1) is 11.3 Å². The summed E-state index contributed by atoms with van der Waals surface area (Å²) in [6.45, 7) is 3.53. The first-order valence-electron chi connectivity index (χ1n) is 7.86. The predicted molar refractivity (Wildman–Crippen MR) is 87.0 cm³/mol. The highest BCUT2D eigenvalue weighted by Gasteiger charge is 2.32. The molecular weight excluding hydrogens is 299 g/mol. The van der Waals surface area contributed by atoms with Crippen LogP contribution in [0.3, 0.4) is 0 Å². The topological polar surface area (TPSA) is 32.3 Å². The summed E-state index contributed by atoms with van der Waals surface area (Å²) in [4.78, 5) is 15.7. The monoisotopic (exact) mass is 318 g/mol. The number of nitrogens with one attached hydrogen (secondary N) is 1. The molecule has 0 saturated carbocycles. The zero-order chi connectivity index (χ0) is 15.3. The van der Waals surface area contributed by atoms with E-state index in [2.05, 4.69) is 5.32 Å². The van der Waals surface area contributed by atoms with Gasteiger partial charge in [-0.1, -0.05) is 0 Å². The standard InChI is InChI=1S/C17H19FN2OS/c1-10-14-8-11(18)2-5-15(14)22-16(10)17(21)20-7-6-12-3-4-13(9-20)19-12/h2,5,8,12-13,19H,3-4,6-7,9H2,1H3. The van der Waals surface area contributed by atoms with Gasteiger partial charge in [0.25, 0.3) is 5.91 Å². The van der Waals surface area contributed by atoms with Crippen LogP contribution in [0.2, 0.25) is 0 Å². The number of amides is 1. The molecule has 5 heteroatoms. The fourth-order valence-corrected chi connectivity index (χ4v) is 4.83. The first-order valence-corrected chi connectivity index (χ1v) is 8.67. The second kappa shape index (κ2) is 5.32. The number of carbonyl (C=O) groups excluding carboxylic acids is 1. The third-order valence-corrected chi connectivity index (χ3v) is 6.16. The molecule has 2 saturated heterocycles. The Balaban J connectivity index is 1.66. The number of thiophene rings is 1. The Labute approximate surface area is 133 Å². The molecule has 116 valence electrons. The normalized spacial score (nSPS) is 24.7. The molecule has 2 atom stereocenters. The summed E-state index contributed by atoms with van der Waals surface area (Å²) in [6.07, 6.45) is 3.42. The number of hydrogen-bond donors (Lipinski definition) is 1. The highest BCUT2D eigenvalue weighted by Crippen LogP contribution is 2.33. The summed E-state index contributed by atoms with van der Waals surface area (Å²) in [7, 11) is 0. The van der Waals surface area contributed by atoms with Crippen molar-refractivity contribution in [2.45, 2.75) is 38.3 Å². The summed E-state index contributed by atoms with van der Waals surface area (Å²) >= 11 is 1.48. The molecule has 0 radical (unpaired) electrons. The smallest absolute Gasteiger partial charge is 0.264 e. The Bertz CT molecular complexity index is 742. The molecule has 2 unspecified atom stereocenters. The van der Waals surface area contributed by atoms with Crippen LogP contribution in [0, 0.1) is 12.7 Å². The Morgan fingerprint density at radius 3 is 3.00 bits per heavy atom. The minimum absolute atomic E-state index is 0.105. The molecule has 1 aromatic heterocycles. The third kappa shape index (κ3) is 2.32. The van der Waals surface area contributed by atoms with Crippen molar-refractivity contribution in [3.63, 3.8) is 0 Å². The van der Waals surface area contributed by atoms with Gasteiger partial charge < -0.3 is 10.2 Å². The van der Waals surface area contributed by atoms with Gasteiger partial charge in [0.05, 0.1) is 4.88 Å². The lowest BCUT2D eigenvalue weighted by Crippen LogP contribution is -2.38. The minimum Gasteiger partial charge on any atom is -0.336 e.